The summed E-state index contributed by atoms with van der Waals surface area (Å²) in [5.41, 5.74) is 0. The number of piperazine rings is 1. The van der Waals surface area contributed by atoms with E-state index in [1.54, 1.807) is 0 Å². The van der Waals surface area contributed by atoms with Crippen LogP contribution in [0, 0.1) is 11.8 Å². The lowest BCUT2D eigenvalue weighted by atomic mass is 9.76. The fourth-order valence-electron chi connectivity index (χ4n) is 3.54. The summed E-state index contributed by atoms with van der Waals surface area (Å²) in [4.78, 5) is 5.38. The molecule has 1 saturated heterocycles. The predicted octanol–water partition coefficient (Wildman–Crippen LogP) is 3.23. The molecule has 0 unspecified atom stereocenters. The first-order chi connectivity index (χ1) is 8.78. The quantitative estimate of drug-likeness (QED) is 0.642. The molecule has 2 fully saturated rings. The first-order valence-electron chi connectivity index (χ1n) is 8.22. The number of rotatable bonds is 7. The smallest absolute Gasteiger partial charge is 0.0110 e. The van der Waals surface area contributed by atoms with Gasteiger partial charge in [-0.05, 0) is 37.6 Å². The van der Waals surface area contributed by atoms with Crippen molar-refractivity contribution in [2.75, 3.05) is 39.3 Å². The Bertz CT molecular complexity index is 215. The minimum absolute atomic E-state index is 1.01. The lowest BCUT2D eigenvalue weighted by molar-refractivity contribution is 0.0827. The minimum Gasteiger partial charge on any atom is -0.301 e. The molecular weight excluding hydrogens is 220 g/mol. The van der Waals surface area contributed by atoms with Crippen LogP contribution in [0.3, 0.4) is 0 Å². The van der Waals surface area contributed by atoms with Gasteiger partial charge >= 0.3 is 0 Å². The molecule has 2 rings (SSSR count). The summed E-state index contributed by atoms with van der Waals surface area (Å²) in [7, 11) is 0. The molecular formula is C16H32N2. The van der Waals surface area contributed by atoms with Gasteiger partial charge in [0.05, 0.1) is 0 Å². The largest absolute Gasteiger partial charge is 0.301 e. The number of hydrogen-bond acceptors (Lipinski definition) is 2. The zero-order valence-electron chi connectivity index (χ0n) is 12.5. The summed E-state index contributed by atoms with van der Waals surface area (Å²) in [5, 5.41) is 0. The van der Waals surface area contributed by atoms with Gasteiger partial charge in [-0.3, -0.25) is 0 Å². The number of unbranched alkanes of at least 4 members (excludes halogenated alkanes) is 3. The minimum atomic E-state index is 1.01. The van der Waals surface area contributed by atoms with Crippen LogP contribution in [0.25, 0.3) is 0 Å². The Morgan fingerprint density at radius 2 is 1.56 bits per heavy atom. The molecule has 2 aliphatic rings. The molecule has 2 nitrogen and oxygen atoms in total. The van der Waals surface area contributed by atoms with Gasteiger partial charge in [-0.25, -0.2) is 0 Å². The summed E-state index contributed by atoms with van der Waals surface area (Å²) in [6.07, 6.45) is 8.58. The van der Waals surface area contributed by atoms with Gasteiger partial charge in [0, 0.05) is 32.7 Å². The highest BCUT2D eigenvalue weighted by Crippen LogP contribution is 2.33. The molecule has 0 radical (unpaired) electrons. The molecule has 0 amide bonds. The SMILES string of the molecule is CCCCCCN1CCN(C[C@H]2C[C@H](C)C2)CC1. The van der Waals surface area contributed by atoms with E-state index in [1.807, 2.05) is 0 Å². The molecule has 0 atom stereocenters. The molecule has 0 N–H and O–H groups in total. The first-order valence-corrected chi connectivity index (χ1v) is 8.22. The summed E-state index contributed by atoms with van der Waals surface area (Å²) < 4.78 is 0. The van der Waals surface area contributed by atoms with E-state index in [4.69, 9.17) is 0 Å². The first kappa shape index (κ1) is 14.3. The number of nitrogens with zero attached hydrogens (tertiary/aromatic N) is 2. The van der Waals surface area contributed by atoms with Crippen LogP contribution in [0.15, 0.2) is 0 Å². The Kier molecular flexibility index (Phi) is 5.97. The van der Waals surface area contributed by atoms with Gasteiger partial charge in [0.25, 0.3) is 0 Å². The summed E-state index contributed by atoms with van der Waals surface area (Å²) in [6, 6.07) is 0. The Labute approximate surface area is 114 Å². The summed E-state index contributed by atoms with van der Waals surface area (Å²) in [6.45, 7) is 12.7. The van der Waals surface area contributed by atoms with Crippen molar-refractivity contribution in [2.24, 2.45) is 11.8 Å². The molecule has 18 heavy (non-hydrogen) atoms. The maximum Gasteiger partial charge on any atom is 0.0110 e. The van der Waals surface area contributed by atoms with Crippen molar-refractivity contribution in [1.82, 2.24) is 9.80 Å². The second kappa shape index (κ2) is 7.49. The van der Waals surface area contributed by atoms with Crippen LogP contribution in [0.2, 0.25) is 0 Å². The molecule has 1 aliphatic heterocycles. The summed E-state index contributed by atoms with van der Waals surface area (Å²) >= 11 is 0. The van der Waals surface area contributed by atoms with Crippen LogP contribution in [-0.4, -0.2) is 49.1 Å². The van der Waals surface area contributed by atoms with E-state index >= 15 is 0 Å². The van der Waals surface area contributed by atoms with Gasteiger partial charge in [0.15, 0.2) is 0 Å². The van der Waals surface area contributed by atoms with Gasteiger partial charge in [-0.15, -0.1) is 0 Å². The Morgan fingerprint density at radius 1 is 0.889 bits per heavy atom. The fourth-order valence-corrected chi connectivity index (χ4v) is 3.54. The van der Waals surface area contributed by atoms with Crippen molar-refractivity contribution in [3.8, 4) is 0 Å². The second-order valence-corrected chi connectivity index (χ2v) is 6.65. The van der Waals surface area contributed by atoms with Gasteiger partial charge in [-0.1, -0.05) is 33.1 Å². The molecule has 1 saturated carbocycles. The fraction of sp³-hybridized carbons (Fsp3) is 1.00. The lowest BCUT2D eigenvalue weighted by Crippen LogP contribution is -2.49. The average Bonchev–Trinajstić information content (AvgIpc) is 2.35. The third kappa shape index (κ3) is 4.55. The normalized spacial score (nSPS) is 30.3. The summed E-state index contributed by atoms with van der Waals surface area (Å²) in [5.74, 6) is 2.03. The van der Waals surface area contributed by atoms with Crippen LogP contribution in [0.5, 0.6) is 0 Å². The maximum atomic E-state index is 2.71. The maximum absolute atomic E-state index is 2.71. The highest BCUT2D eigenvalue weighted by atomic mass is 15.3. The standard InChI is InChI=1S/C16H32N2/c1-3-4-5-6-7-17-8-10-18(11-9-17)14-16-12-15(2)13-16/h15-16H,3-14H2,1-2H3/t15-,16-. The lowest BCUT2D eigenvalue weighted by Gasteiger charge is -2.40. The van der Waals surface area contributed by atoms with Gasteiger partial charge < -0.3 is 9.80 Å². The van der Waals surface area contributed by atoms with E-state index in [2.05, 4.69) is 23.6 Å². The third-order valence-corrected chi connectivity index (χ3v) is 4.78. The predicted molar refractivity (Wildman–Crippen MR) is 78.9 cm³/mol. The molecule has 0 spiro atoms. The van der Waals surface area contributed by atoms with Crippen molar-refractivity contribution in [1.29, 1.82) is 0 Å². The van der Waals surface area contributed by atoms with E-state index < -0.39 is 0 Å². The molecule has 0 bridgehead atoms. The van der Waals surface area contributed by atoms with Crippen molar-refractivity contribution in [3.05, 3.63) is 0 Å². The average molecular weight is 252 g/mol. The van der Waals surface area contributed by atoms with E-state index in [-0.39, 0.29) is 0 Å². The molecule has 1 heterocycles. The molecule has 106 valence electrons. The topological polar surface area (TPSA) is 6.48 Å². The van der Waals surface area contributed by atoms with Crippen LogP contribution in [0.4, 0.5) is 0 Å². The van der Waals surface area contributed by atoms with Gasteiger partial charge in [0.2, 0.25) is 0 Å². The van der Waals surface area contributed by atoms with Crippen LogP contribution < -0.4 is 0 Å². The highest BCUT2D eigenvalue weighted by molar-refractivity contribution is 4.81. The van der Waals surface area contributed by atoms with E-state index in [9.17, 15) is 0 Å². The third-order valence-electron chi connectivity index (χ3n) is 4.78. The zero-order chi connectivity index (χ0) is 12.8. The van der Waals surface area contributed by atoms with E-state index in [0.717, 1.165) is 11.8 Å². The molecule has 0 aromatic carbocycles. The Balaban J connectivity index is 1.51. The Morgan fingerprint density at radius 3 is 2.17 bits per heavy atom. The van der Waals surface area contributed by atoms with Gasteiger partial charge in [0.1, 0.15) is 0 Å². The van der Waals surface area contributed by atoms with E-state index in [1.165, 1.54) is 77.8 Å². The Hall–Kier alpha value is -0.0800. The molecule has 0 aromatic rings. The molecule has 0 aromatic heterocycles. The second-order valence-electron chi connectivity index (χ2n) is 6.65. The molecule has 2 heteroatoms. The monoisotopic (exact) mass is 252 g/mol. The van der Waals surface area contributed by atoms with Crippen LogP contribution in [-0.2, 0) is 0 Å². The highest BCUT2D eigenvalue weighted by Gasteiger charge is 2.28. The zero-order valence-corrected chi connectivity index (χ0v) is 12.5. The van der Waals surface area contributed by atoms with Crippen molar-refractivity contribution >= 4 is 0 Å². The van der Waals surface area contributed by atoms with Crippen molar-refractivity contribution < 1.29 is 0 Å². The molecule has 1 aliphatic carbocycles. The number of hydrogen-bond donors (Lipinski definition) is 0. The van der Waals surface area contributed by atoms with Crippen LogP contribution >= 0.6 is 0 Å². The van der Waals surface area contributed by atoms with Crippen molar-refractivity contribution in [3.63, 3.8) is 0 Å². The van der Waals surface area contributed by atoms with Crippen LogP contribution in [0.1, 0.15) is 52.4 Å². The van der Waals surface area contributed by atoms with E-state index in [0.29, 0.717) is 0 Å². The van der Waals surface area contributed by atoms with Gasteiger partial charge in [-0.2, -0.15) is 0 Å². The van der Waals surface area contributed by atoms with Crippen molar-refractivity contribution in [2.45, 2.75) is 52.4 Å².